The first-order valence-corrected chi connectivity index (χ1v) is 8.90. The van der Waals surface area contributed by atoms with E-state index < -0.39 is 17.6 Å². The van der Waals surface area contributed by atoms with Crippen molar-refractivity contribution in [1.82, 2.24) is 5.32 Å². The number of carbonyl (C=O) groups is 2. The average molecular weight is 441 g/mol. The van der Waals surface area contributed by atoms with E-state index in [0.29, 0.717) is 5.56 Å². The van der Waals surface area contributed by atoms with E-state index in [1.807, 2.05) is 13.8 Å². The molecule has 0 saturated heterocycles. The van der Waals surface area contributed by atoms with E-state index in [4.69, 9.17) is 4.74 Å². The molecule has 0 saturated carbocycles. The summed E-state index contributed by atoms with van der Waals surface area (Å²) in [7, 11) is 0. The molecule has 1 rings (SSSR count). The van der Waals surface area contributed by atoms with E-state index in [9.17, 15) is 9.59 Å². The van der Waals surface area contributed by atoms with Gasteiger partial charge in [-0.05, 0) is 64.6 Å². The highest BCUT2D eigenvalue weighted by Gasteiger charge is 2.30. The molecule has 0 bridgehead atoms. The van der Waals surface area contributed by atoms with Crippen LogP contribution in [0.25, 0.3) is 0 Å². The number of carbonyl (C=O) groups excluding carboxylic acids is 2. The molecule has 7 heteroatoms. The van der Waals surface area contributed by atoms with E-state index >= 15 is 0 Å². The summed E-state index contributed by atoms with van der Waals surface area (Å²) in [6, 6.07) is 1.04. The van der Waals surface area contributed by atoms with Gasteiger partial charge in [0.2, 0.25) is 0 Å². The number of hydrogen-bond donors (Lipinski definition) is 1. The molecule has 0 radical (unpaired) electrons. The average Bonchev–Trinajstić information content (AvgIpc) is 2.62. The minimum atomic E-state index is -0.678. The quantitative estimate of drug-likeness (QED) is 0.707. The summed E-state index contributed by atoms with van der Waals surface area (Å²) in [5.74, 6) is -0.783. The molecule has 4 nitrogen and oxygen atoms in total. The van der Waals surface area contributed by atoms with E-state index in [1.165, 1.54) is 11.3 Å². The second-order valence-electron chi connectivity index (χ2n) is 5.97. The Hall–Kier alpha value is -0.400. The molecule has 118 valence electrons. The van der Waals surface area contributed by atoms with Gasteiger partial charge in [-0.3, -0.25) is 4.79 Å². The molecule has 0 aromatic carbocycles. The number of nitrogens with one attached hydrogen (secondary N) is 1. The Morgan fingerprint density at radius 2 is 1.86 bits per heavy atom. The first kappa shape index (κ1) is 18.6. The maximum Gasteiger partial charge on any atom is 0.329 e. The number of thiophene rings is 1. The Morgan fingerprint density at radius 3 is 2.24 bits per heavy atom. The molecule has 1 N–H and O–H groups in total. The van der Waals surface area contributed by atoms with Gasteiger partial charge in [-0.2, -0.15) is 0 Å². The Labute approximate surface area is 145 Å². The van der Waals surface area contributed by atoms with Crippen LogP contribution in [0.1, 0.15) is 45.0 Å². The summed E-state index contributed by atoms with van der Waals surface area (Å²) < 4.78 is 6.93. The molecular formula is C14H19Br2NO3S. The number of ether oxygens (including phenoxy) is 1. The molecule has 0 spiro atoms. The van der Waals surface area contributed by atoms with Crippen LogP contribution in [0, 0.1) is 5.92 Å². The number of hydrogen-bond acceptors (Lipinski definition) is 4. The van der Waals surface area contributed by atoms with Crippen molar-refractivity contribution in [3.05, 3.63) is 19.2 Å². The Kier molecular flexibility index (Phi) is 6.43. The van der Waals surface area contributed by atoms with Crippen molar-refractivity contribution in [2.75, 3.05) is 0 Å². The van der Waals surface area contributed by atoms with Crippen LogP contribution in [0.4, 0.5) is 0 Å². The molecule has 0 aliphatic heterocycles. The predicted molar refractivity (Wildman–Crippen MR) is 91.7 cm³/mol. The van der Waals surface area contributed by atoms with Gasteiger partial charge in [0.05, 0.1) is 13.1 Å². The summed E-state index contributed by atoms with van der Waals surface area (Å²) in [4.78, 5) is 24.5. The largest absolute Gasteiger partial charge is 0.458 e. The summed E-state index contributed by atoms with van der Waals surface area (Å²) in [5, 5.41) is 2.75. The number of halogens is 2. The van der Waals surface area contributed by atoms with Crippen molar-refractivity contribution >= 4 is 55.1 Å². The second kappa shape index (κ2) is 7.24. The standard InChI is InChI=1S/C14H19Br2NO3S/c1-7(2)10(13(19)20-14(3,4)5)17-12(18)8-6-9(15)21-11(8)16/h6-7,10H,1-5H3,(H,17,18)/t10-/m0/s1. The van der Waals surface area contributed by atoms with E-state index in [1.54, 1.807) is 26.8 Å². The number of rotatable bonds is 4. The molecule has 1 heterocycles. The lowest BCUT2D eigenvalue weighted by atomic mass is 10.0. The van der Waals surface area contributed by atoms with Crippen LogP contribution in [-0.2, 0) is 9.53 Å². The monoisotopic (exact) mass is 439 g/mol. The Balaban J connectivity index is 2.86. The normalized spacial score (nSPS) is 13.1. The third kappa shape index (κ3) is 5.71. The van der Waals surface area contributed by atoms with Gasteiger partial charge >= 0.3 is 5.97 Å². The van der Waals surface area contributed by atoms with Crippen LogP contribution in [0.5, 0.6) is 0 Å². The zero-order valence-corrected chi connectivity index (χ0v) is 16.6. The lowest BCUT2D eigenvalue weighted by molar-refractivity contribution is -0.158. The summed E-state index contributed by atoms with van der Waals surface area (Å²) in [5.41, 5.74) is -0.0814. The fraction of sp³-hybridized carbons (Fsp3) is 0.571. The van der Waals surface area contributed by atoms with Crippen LogP contribution in [0.2, 0.25) is 0 Å². The molecular weight excluding hydrogens is 422 g/mol. The van der Waals surface area contributed by atoms with E-state index in [-0.39, 0.29) is 11.8 Å². The van der Waals surface area contributed by atoms with Crippen LogP contribution in [0.3, 0.4) is 0 Å². The first-order chi connectivity index (χ1) is 9.51. The first-order valence-electron chi connectivity index (χ1n) is 6.50. The van der Waals surface area contributed by atoms with Crippen molar-refractivity contribution < 1.29 is 14.3 Å². The highest BCUT2D eigenvalue weighted by atomic mass is 79.9. The molecule has 0 aliphatic rings. The minimum Gasteiger partial charge on any atom is -0.458 e. The van der Waals surface area contributed by atoms with Crippen molar-refractivity contribution in [3.63, 3.8) is 0 Å². The van der Waals surface area contributed by atoms with Crippen molar-refractivity contribution in [2.24, 2.45) is 5.92 Å². The van der Waals surface area contributed by atoms with E-state index in [2.05, 4.69) is 37.2 Å². The van der Waals surface area contributed by atoms with Crippen LogP contribution < -0.4 is 5.32 Å². The maximum absolute atomic E-state index is 12.3. The van der Waals surface area contributed by atoms with Gasteiger partial charge < -0.3 is 10.1 Å². The van der Waals surface area contributed by atoms with Gasteiger partial charge in [0.15, 0.2) is 0 Å². The predicted octanol–water partition coefficient (Wildman–Crippen LogP) is 4.37. The maximum atomic E-state index is 12.3. The molecule has 0 aliphatic carbocycles. The summed E-state index contributed by atoms with van der Waals surface area (Å²) in [6.07, 6.45) is 0. The van der Waals surface area contributed by atoms with Crippen molar-refractivity contribution in [3.8, 4) is 0 Å². The fourth-order valence-corrected chi connectivity index (χ4v) is 4.37. The van der Waals surface area contributed by atoms with Gasteiger partial charge in [-0.1, -0.05) is 13.8 Å². The van der Waals surface area contributed by atoms with Gasteiger partial charge in [-0.15, -0.1) is 11.3 Å². The minimum absolute atomic E-state index is 0.0651. The summed E-state index contributed by atoms with van der Waals surface area (Å²) >= 11 is 8.08. The lowest BCUT2D eigenvalue weighted by Gasteiger charge is -2.26. The second-order valence-corrected chi connectivity index (χ2v) is 9.72. The van der Waals surface area contributed by atoms with Gasteiger partial charge in [-0.25, -0.2) is 4.79 Å². The highest BCUT2D eigenvalue weighted by Crippen LogP contribution is 2.31. The van der Waals surface area contributed by atoms with Crippen molar-refractivity contribution in [2.45, 2.75) is 46.3 Å². The molecule has 1 atom stereocenters. The van der Waals surface area contributed by atoms with Gasteiger partial charge in [0.25, 0.3) is 5.91 Å². The van der Waals surface area contributed by atoms with Gasteiger partial charge in [0, 0.05) is 0 Å². The molecule has 1 amide bonds. The summed E-state index contributed by atoms with van der Waals surface area (Å²) in [6.45, 7) is 9.14. The topological polar surface area (TPSA) is 55.4 Å². The molecule has 0 unspecified atom stereocenters. The number of amides is 1. The van der Waals surface area contributed by atoms with Gasteiger partial charge in [0.1, 0.15) is 11.6 Å². The third-order valence-corrected chi connectivity index (χ3v) is 4.85. The molecule has 0 fully saturated rings. The van der Waals surface area contributed by atoms with Crippen LogP contribution >= 0.6 is 43.2 Å². The number of esters is 1. The SMILES string of the molecule is CC(C)[C@H](NC(=O)c1cc(Br)sc1Br)C(=O)OC(C)(C)C. The smallest absolute Gasteiger partial charge is 0.329 e. The molecule has 1 aromatic heterocycles. The van der Waals surface area contributed by atoms with Crippen molar-refractivity contribution in [1.29, 1.82) is 0 Å². The highest BCUT2D eigenvalue weighted by molar-refractivity contribution is 9.12. The lowest BCUT2D eigenvalue weighted by Crippen LogP contribution is -2.47. The van der Waals surface area contributed by atoms with Crippen LogP contribution in [-0.4, -0.2) is 23.5 Å². The van der Waals surface area contributed by atoms with E-state index in [0.717, 1.165) is 7.57 Å². The van der Waals surface area contributed by atoms with Crippen LogP contribution in [0.15, 0.2) is 13.6 Å². The fourth-order valence-electron chi connectivity index (χ4n) is 1.58. The Bertz CT molecular complexity index is 535. The zero-order valence-electron chi connectivity index (χ0n) is 12.6. The molecule has 21 heavy (non-hydrogen) atoms. The third-order valence-electron chi connectivity index (χ3n) is 2.52. The zero-order chi connectivity index (χ0) is 16.4. The molecule has 1 aromatic rings. The Morgan fingerprint density at radius 1 is 1.29 bits per heavy atom.